The van der Waals surface area contributed by atoms with Crippen LogP contribution < -0.4 is 5.69 Å². The average molecular weight is 276 g/mol. The van der Waals surface area contributed by atoms with Gasteiger partial charge >= 0.3 is 11.7 Å². The Labute approximate surface area is 117 Å². The summed E-state index contributed by atoms with van der Waals surface area (Å²) < 4.78 is 6.86. The number of H-pyrrole nitrogens is 1. The van der Waals surface area contributed by atoms with Crippen LogP contribution in [0.1, 0.15) is 34.6 Å². The quantitative estimate of drug-likeness (QED) is 0.857. The first-order chi connectivity index (χ1) is 9.13. The van der Waals surface area contributed by atoms with Crippen LogP contribution in [0.25, 0.3) is 11.0 Å². The fourth-order valence-corrected chi connectivity index (χ4v) is 2.10. The highest BCUT2D eigenvalue weighted by Gasteiger charge is 2.36. The number of fused-ring (bicyclic) bond motifs is 1. The molecule has 0 bridgehead atoms. The van der Waals surface area contributed by atoms with E-state index in [1.165, 1.54) is 4.57 Å². The zero-order valence-corrected chi connectivity index (χ0v) is 12.5. The third-order valence-corrected chi connectivity index (χ3v) is 3.05. The number of hydrogen-bond donors (Lipinski definition) is 1. The Balaban J connectivity index is 2.54. The third kappa shape index (κ3) is 2.48. The topological polar surface area (TPSA) is 64.1 Å². The monoisotopic (exact) mass is 276 g/mol. The molecule has 0 aliphatic rings. The second-order valence-electron chi connectivity index (χ2n) is 6.34. The minimum absolute atomic E-state index is 0.318. The van der Waals surface area contributed by atoms with Crippen molar-refractivity contribution in [3.8, 4) is 0 Å². The number of carbonyl (C=O) groups excluding carboxylic acids is 1. The minimum Gasteiger partial charge on any atom is -0.458 e. The van der Waals surface area contributed by atoms with Crippen LogP contribution in [-0.2, 0) is 15.1 Å². The maximum Gasteiger partial charge on any atom is 0.332 e. The van der Waals surface area contributed by atoms with E-state index in [9.17, 15) is 9.59 Å². The molecule has 1 aromatic heterocycles. The van der Waals surface area contributed by atoms with Gasteiger partial charge in [0.2, 0.25) is 0 Å². The number of hydrogen-bond acceptors (Lipinski definition) is 3. The van der Waals surface area contributed by atoms with Gasteiger partial charge in [0.05, 0.1) is 11.0 Å². The zero-order chi connectivity index (χ0) is 15.1. The minimum atomic E-state index is -1.08. The van der Waals surface area contributed by atoms with Gasteiger partial charge in [0.1, 0.15) is 11.1 Å². The third-order valence-electron chi connectivity index (χ3n) is 3.05. The molecule has 5 heteroatoms. The molecule has 1 N–H and O–H groups in total. The number of aromatic amines is 1. The van der Waals surface area contributed by atoms with E-state index in [1.54, 1.807) is 46.8 Å². The van der Waals surface area contributed by atoms with E-state index in [1.807, 2.05) is 12.1 Å². The van der Waals surface area contributed by atoms with E-state index < -0.39 is 17.1 Å². The van der Waals surface area contributed by atoms with Crippen LogP contribution in [0.4, 0.5) is 0 Å². The molecule has 0 spiro atoms. The fourth-order valence-electron chi connectivity index (χ4n) is 2.10. The Morgan fingerprint density at radius 1 is 1.15 bits per heavy atom. The number of imidazole rings is 1. The molecule has 1 heterocycles. The van der Waals surface area contributed by atoms with Crippen molar-refractivity contribution in [2.75, 3.05) is 0 Å². The Morgan fingerprint density at radius 3 is 2.35 bits per heavy atom. The Kier molecular flexibility index (Phi) is 3.24. The summed E-state index contributed by atoms with van der Waals surface area (Å²) in [7, 11) is 0. The molecule has 0 fully saturated rings. The summed E-state index contributed by atoms with van der Waals surface area (Å²) in [6.07, 6.45) is 0. The summed E-state index contributed by atoms with van der Waals surface area (Å²) in [5, 5.41) is 0. The van der Waals surface area contributed by atoms with Gasteiger partial charge in [0.15, 0.2) is 0 Å². The van der Waals surface area contributed by atoms with E-state index in [2.05, 4.69) is 4.98 Å². The molecule has 0 saturated carbocycles. The van der Waals surface area contributed by atoms with Crippen LogP contribution in [0.2, 0.25) is 0 Å². The van der Waals surface area contributed by atoms with Gasteiger partial charge in [0.25, 0.3) is 0 Å². The van der Waals surface area contributed by atoms with Crippen LogP contribution in [0.5, 0.6) is 0 Å². The lowest BCUT2D eigenvalue weighted by Gasteiger charge is -2.29. The largest absolute Gasteiger partial charge is 0.458 e. The van der Waals surface area contributed by atoms with Crippen molar-refractivity contribution in [2.24, 2.45) is 0 Å². The maximum absolute atomic E-state index is 12.4. The smallest absolute Gasteiger partial charge is 0.332 e. The summed E-state index contributed by atoms with van der Waals surface area (Å²) in [5.41, 5.74) is -0.599. The van der Waals surface area contributed by atoms with E-state index in [-0.39, 0.29) is 5.69 Å². The maximum atomic E-state index is 12.4. The molecule has 0 aliphatic carbocycles. The van der Waals surface area contributed by atoms with Crippen molar-refractivity contribution < 1.29 is 9.53 Å². The lowest BCUT2D eigenvalue weighted by Crippen LogP contribution is -2.45. The molecule has 0 unspecified atom stereocenters. The molecule has 1 aromatic carbocycles. The van der Waals surface area contributed by atoms with Crippen molar-refractivity contribution in [3.05, 3.63) is 34.7 Å². The highest BCUT2D eigenvalue weighted by atomic mass is 16.6. The van der Waals surface area contributed by atoms with Crippen molar-refractivity contribution >= 4 is 17.0 Å². The first-order valence-corrected chi connectivity index (χ1v) is 6.56. The normalized spacial score (nSPS) is 12.7. The van der Waals surface area contributed by atoms with Gasteiger partial charge in [-0.2, -0.15) is 0 Å². The van der Waals surface area contributed by atoms with E-state index in [0.717, 1.165) is 0 Å². The highest BCUT2D eigenvalue weighted by Crippen LogP contribution is 2.23. The predicted octanol–water partition coefficient (Wildman–Crippen LogP) is 2.41. The zero-order valence-electron chi connectivity index (χ0n) is 12.5. The molecule has 5 nitrogen and oxygen atoms in total. The summed E-state index contributed by atoms with van der Waals surface area (Å²) in [6.45, 7) is 8.78. The number of benzene rings is 1. The number of carbonyl (C=O) groups is 1. The summed E-state index contributed by atoms with van der Waals surface area (Å²) in [6, 6.07) is 7.28. The molecule has 0 aliphatic heterocycles. The van der Waals surface area contributed by atoms with Crippen LogP contribution in [0, 0.1) is 0 Å². The summed E-state index contributed by atoms with van der Waals surface area (Å²) >= 11 is 0. The highest BCUT2D eigenvalue weighted by molar-refractivity contribution is 5.83. The standard InChI is InChI=1S/C15H20N2O3/c1-14(2,3)20-12(18)15(4,5)17-11-9-7-6-8-10(11)16-13(17)19/h6-9H,1-5H3,(H,16,19). The predicted molar refractivity (Wildman–Crippen MR) is 77.7 cm³/mol. The fraction of sp³-hybridized carbons (Fsp3) is 0.467. The van der Waals surface area contributed by atoms with Gasteiger partial charge < -0.3 is 9.72 Å². The first-order valence-electron chi connectivity index (χ1n) is 6.56. The Hall–Kier alpha value is -2.04. The molecular formula is C15H20N2O3. The summed E-state index contributed by atoms with van der Waals surface area (Å²) in [5.74, 6) is -0.433. The average Bonchev–Trinajstić information content (AvgIpc) is 2.62. The lowest BCUT2D eigenvalue weighted by atomic mass is 10.0. The van der Waals surface area contributed by atoms with Crippen LogP contribution in [0.15, 0.2) is 29.1 Å². The number of para-hydroxylation sites is 2. The first kappa shape index (κ1) is 14.4. The second-order valence-corrected chi connectivity index (χ2v) is 6.34. The van der Waals surface area contributed by atoms with E-state index in [0.29, 0.717) is 11.0 Å². The van der Waals surface area contributed by atoms with Gasteiger partial charge in [-0.25, -0.2) is 9.59 Å². The van der Waals surface area contributed by atoms with Crippen molar-refractivity contribution in [1.82, 2.24) is 9.55 Å². The van der Waals surface area contributed by atoms with E-state index >= 15 is 0 Å². The number of rotatable bonds is 2. The van der Waals surface area contributed by atoms with Gasteiger partial charge in [0, 0.05) is 0 Å². The molecule has 108 valence electrons. The van der Waals surface area contributed by atoms with Crippen molar-refractivity contribution in [1.29, 1.82) is 0 Å². The molecule has 2 rings (SSSR count). The molecule has 0 radical (unpaired) electrons. The van der Waals surface area contributed by atoms with Gasteiger partial charge in [-0.05, 0) is 46.8 Å². The van der Waals surface area contributed by atoms with E-state index in [4.69, 9.17) is 4.74 Å². The lowest BCUT2D eigenvalue weighted by molar-refractivity contribution is -0.164. The Morgan fingerprint density at radius 2 is 1.75 bits per heavy atom. The number of nitrogens with one attached hydrogen (secondary N) is 1. The van der Waals surface area contributed by atoms with Crippen molar-refractivity contribution in [3.63, 3.8) is 0 Å². The van der Waals surface area contributed by atoms with Crippen LogP contribution in [0.3, 0.4) is 0 Å². The number of ether oxygens (including phenoxy) is 1. The van der Waals surface area contributed by atoms with Gasteiger partial charge in [-0.1, -0.05) is 12.1 Å². The Bertz CT molecular complexity index is 702. The van der Waals surface area contributed by atoms with Gasteiger partial charge in [-0.3, -0.25) is 4.57 Å². The number of esters is 1. The van der Waals surface area contributed by atoms with Crippen molar-refractivity contribution in [2.45, 2.75) is 45.8 Å². The van der Waals surface area contributed by atoms with Crippen LogP contribution >= 0.6 is 0 Å². The summed E-state index contributed by atoms with van der Waals surface area (Å²) in [4.78, 5) is 27.3. The van der Waals surface area contributed by atoms with Gasteiger partial charge in [-0.15, -0.1) is 0 Å². The molecular weight excluding hydrogens is 256 g/mol. The van der Waals surface area contributed by atoms with Crippen LogP contribution in [-0.4, -0.2) is 21.1 Å². The second kappa shape index (κ2) is 4.51. The number of aromatic nitrogens is 2. The molecule has 20 heavy (non-hydrogen) atoms. The molecule has 0 amide bonds. The SMILES string of the molecule is CC(C)(C)OC(=O)C(C)(C)n1c(=O)[nH]c2ccccc21. The molecule has 2 aromatic rings. The molecule has 0 saturated heterocycles. The molecule has 0 atom stereocenters. The number of nitrogens with zero attached hydrogens (tertiary/aromatic N) is 1.